The molecule has 3 rings (SSSR count). The van der Waals surface area contributed by atoms with E-state index in [4.69, 9.17) is 0 Å². The number of hydrogen-bond donors (Lipinski definition) is 1. The fourth-order valence-corrected chi connectivity index (χ4v) is 3.88. The average Bonchev–Trinajstić information content (AvgIpc) is 2.90. The van der Waals surface area contributed by atoms with E-state index < -0.39 is 0 Å². The van der Waals surface area contributed by atoms with Crippen LogP contribution in [0.1, 0.15) is 64.6 Å². The standard InChI is InChI=1S/C20H27N3O2/c1-20(2,3)18-17(21-14-24)19(25)23(16-12-8-5-9-13-16)22(18)15-10-6-4-7-11-15/h4,6-7,10-11,14,16H,5,8-9,12-13H2,1-3H3,(H,21,24). The minimum absolute atomic E-state index is 0.104. The minimum atomic E-state index is -0.291. The van der Waals surface area contributed by atoms with Crippen LogP contribution in [0.3, 0.4) is 0 Å². The lowest BCUT2D eigenvalue weighted by Gasteiger charge is -2.29. The van der Waals surface area contributed by atoms with Gasteiger partial charge in [0.15, 0.2) is 0 Å². The van der Waals surface area contributed by atoms with Crippen LogP contribution in [-0.2, 0) is 10.2 Å². The lowest BCUT2D eigenvalue weighted by atomic mass is 9.91. The molecule has 0 unspecified atom stereocenters. The Bertz CT molecular complexity index is 791. The summed E-state index contributed by atoms with van der Waals surface area (Å²) in [6.45, 7) is 6.22. The van der Waals surface area contributed by atoms with E-state index >= 15 is 0 Å². The molecule has 1 aromatic heterocycles. The van der Waals surface area contributed by atoms with Gasteiger partial charge >= 0.3 is 0 Å². The smallest absolute Gasteiger partial charge is 0.291 e. The third kappa shape index (κ3) is 3.28. The predicted octanol–water partition coefficient (Wildman–Crippen LogP) is 4.01. The molecule has 0 saturated heterocycles. The predicted molar refractivity (Wildman–Crippen MR) is 101 cm³/mol. The van der Waals surface area contributed by atoms with Gasteiger partial charge in [-0.25, -0.2) is 4.68 Å². The molecule has 1 N–H and O–H groups in total. The number of para-hydroxylation sites is 1. The van der Waals surface area contributed by atoms with Crippen LogP contribution in [-0.4, -0.2) is 15.8 Å². The van der Waals surface area contributed by atoms with Gasteiger partial charge < -0.3 is 5.32 Å². The summed E-state index contributed by atoms with van der Waals surface area (Å²) in [6.07, 6.45) is 6.11. The monoisotopic (exact) mass is 341 g/mol. The van der Waals surface area contributed by atoms with Crippen LogP contribution in [0.25, 0.3) is 5.69 Å². The molecular formula is C20H27N3O2. The zero-order valence-electron chi connectivity index (χ0n) is 15.3. The average molecular weight is 341 g/mol. The maximum Gasteiger partial charge on any atom is 0.291 e. The van der Waals surface area contributed by atoms with Gasteiger partial charge in [0, 0.05) is 5.41 Å². The first kappa shape index (κ1) is 17.5. The molecule has 25 heavy (non-hydrogen) atoms. The van der Waals surface area contributed by atoms with Crippen molar-refractivity contribution in [3.63, 3.8) is 0 Å². The minimum Gasteiger partial charge on any atom is -0.323 e. The highest BCUT2D eigenvalue weighted by Gasteiger charge is 2.32. The van der Waals surface area contributed by atoms with Crippen LogP contribution in [0.5, 0.6) is 0 Å². The first-order chi connectivity index (χ1) is 11.9. The van der Waals surface area contributed by atoms with Gasteiger partial charge in [0.05, 0.1) is 17.4 Å². The summed E-state index contributed by atoms with van der Waals surface area (Å²) in [5.74, 6) is 0. The second-order valence-electron chi connectivity index (χ2n) is 7.82. The van der Waals surface area contributed by atoms with E-state index in [1.54, 1.807) is 0 Å². The van der Waals surface area contributed by atoms with E-state index in [2.05, 4.69) is 26.1 Å². The first-order valence-corrected chi connectivity index (χ1v) is 9.08. The van der Waals surface area contributed by atoms with Crippen LogP contribution in [0.2, 0.25) is 0 Å². The Morgan fingerprint density at radius 3 is 2.28 bits per heavy atom. The van der Waals surface area contributed by atoms with Gasteiger partial charge in [0.1, 0.15) is 5.69 Å². The maximum absolute atomic E-state index is 13.2. The molecular weight excluding hydrogens is 314 g/mol. The highest BCUT2D eigenvalue weighted by Crippen LogP contribution is 2.34. The van der Waals surface area contributed by atoms with Crippen LogP contribution >= 0.6 is 0 Å². The molecule has 0 bridgehead atoms. The zero-order chi connectivity index (χ0) is 18.0. The highest BCUT2D eigenvalue weighted by molar-refractivity contribution is 5.73. The van der Waals surface area contributed by atoms with E-state index in [0.29, 0.717) is 12.1 Å². The molecule has 0 radical (unpaired) electrons. The summed E-state index contributed by atoms with van der Waals surface area (Å²) >= 11 is 0. The van der Waals surface area contributed by atoms with E-state index in [1.807, 2.05) is 39.7 Å². The lowest BCUT2D eigenvalue weighted by Crippen LogP contribution is -2.30. The van der Waals surface area contributed by atoms with Crippen molar-refractivity contribution < 1.29 is 4.79 Å². The molecule has 0 atom stereocenters. The summed E-state index contributed by atoms with van der Waals surface area (Å²) in [5, 5.41) is 2.69. The summed E-state index contributed by atoms with van der Waals surface area (Å²) in [5.41, 5.74) is 1.81. The fraction of sp³-hybridized carbons (Fsp3) is 0.500. The Balaban J connectivity index is 2.32. The molecule has 5 heteroatoms. The second-order valence-corrected chi connectivity index (χ2v) is 7.82. The number of hydrogen-bond acceptors (Lipinski definition) is 2. The van der Waals surface area contributed by atoms with Crippen molar-refractivity contribution in [2.75, 3.05) is 5.32 Å². The SMILES string of the molecule is CC(C)(C)c1c(NC=O)c(=O)n(C2CCCCC2)n1-c1ccccc1. The number of nitrogens with zero attached hydrogens (tertiary/aromatic N) is 2. The fourth-order valence-electron chi connectivity index (χ4n) is 3.88. The molecule has 2 aromatic rings. The topological polar surface area (TPSA) is 56.0 Å². The van der Waals surface area contributed by atoms with Gasteiger partial charge in [0.2, 0.25) is 6.41 Å². The first-order valence-electron chi connectivity index (χ1n) is 9.08. The van der Waals surface area contributed by atoms with Crippen molar-refractivity contribution in [2.45, 2.75) is 64.3 Å². The van der Waals surface area contributed by atoms with Crippen molar-refractivity contribution in [3.05, 3.63) is 46.4 Å². The summed E-state index contributed by atoms with van der Waals surface area (Å²) in [4.78, 5) is 24.4. The number of carbonyl (C=O) groups is 1. The molecule has 134 valence electrons. The van der Waals surface area contributed by atoms with Crippen molar-refractivity contribution >= 4 is 12.1 Å². The second kappa shape index (κ2) is 6.90. The molecule has 0 spiro atoms. The molecule has 1 aliphatic rings. The highest BCUT2D eigenvalue weighted by atomic mass is 16.1. The van der Waals surface area contributed by atoms with Gasteiger partial charge in [-0.3, -0.25) is 14.3 Å². The third-order valence-electron chi connectivity index (χ3n) is 4.92. The normalized spacial score (nSPS) is 16.0. The maximum atomic E-state index is 13.2. The number of rotatable bonds is 4. The summed E-state index contributed by atoms with van der Waals surface area (Å²) in [7, 11) is 0. The summed E-state index contributed by atoms with van der Waals surface area (Å²) in [6, 6.07) is 10.1. The number of anilines is 1. The number of amides is 1. The molecule has 0 aliphatic heterocycles. The molecule has 1 saturated carbocycles. The van der Waals surface area contributed by atoms with Crippen molar-refractivity contribution in [1.29, 1.82) is 0 Å². The Kier molecular flexibility index (Phi) is 4.84. The Morgan fingerprint density at radius 2 is 1.72 bits per heavy atom. The quantitative estimate of drug-likeness (QED) is 0.854. The van der Waals surface area contributed by atoms with Gasteiger partial charge in [0.25, 0.3) is 5.56 Å². The third-order valence-corrected chi connectivity index (χ3v) is 4.92. The van der Waals surface area contributed by atoms with Crippen molar-refractivity contribution in [3.8, 4) is 5.69 Å². The number of nitrogens with one attached hydrogen (secondary N) is 1. The Labute approximate surface area is 148 Å². The van der Waals surface area contributed by atoms with Gasteiger partial charge in [-0.1, -0.05) is 58.2 Å². The molecule has 1 aromatic carbocycles. The van der Waals surface area contributed by atoms with Crippen LogP contribution in [0.4, 0.5) is 5.69 Å². The van der Waals surface area contributed by atoms with Gasteiger partial charge in [-0.05, 0) is 25.0 Å². The number of carbonyl (C=O) groups excluding carboxylic acids is 1. The van der Waals surface area contributed by atoms with E-state index in [-0.39, 0.29) is 17.0 Å². The van der Waals surface area contributed by atoms with Crippen molar-refractivity contribution in [1.82, 2.24) is 9.36 Å². The van der Waals surface area contributed by atoms with Crippen LogP contribution < -0.4 is 10.9 Å². The zero-order valence-corrected chi connectivity index (χ0v) is 15.3. The molecule has 1 aliphatic carbocycles. The van der Waals surface area contributed by atoms with Crippen LogP contribution in [0, 0.1) is 0 Å². The Hall–Kier alpha value is -2.30. The molecule has 1 heterocycles. The van der Waals surface area contributed by atoms with Gasteiger partial charge in [-0.15, -0.1) is 0 Å². The number of aromatic nitrogens is 2. The molecule has 1 fully saturated rings. The van der Waals surface area contributed by atoms with Gasteiger partial charge in [-0.2, -0.15) is 0 Å². The number of benzene rings is 1. The van der Waals surface area contributed by atoms with E-state index in [9.17, 15) is 9.59 Å². The largest absolute Gasteiger partial charge is 0.323 e. The molecule has 5 nitrogen and oxygen atoms in total. The lowest BCUT2D eigenvalue weighted by molar-refractivity contribution is -0.105. The van der Waals surface area contributed by atoms with E-state index in [1.165, 1.54) is 6.42 Å². The van der Waals surface area contributed by atoms with E-state index in [0.717, 1.165) is 37.1 Å². The van der Waals surface area contributed by atoms with Crippen LogP contribution in [0.15, 0.2) is 35.1 Å². The molecule has 1 amide bonds. The summed E-state index contributed by atoms with van der Waals surface area (Å²) < 4.78 is 3.91. The Morgan fingerprint density at radius 1 is 1.08 bits per heavy atom. The van der Waals surface area contributed by atoms with Crippen molar-refractivity contribution in [2.24, 2.45) is 0 Å².